The molecule has 1 aliphatic heterocycles. The highest BCUT2D eigenvalue weighted by atomic mass is 16.5. The first kappa shape index (κ1) is 15.2. The first-order valence-corrected chi connectivity index (χ1v) is 7.67. The molecule has 1 amide bonds. The number of hydrogen-bond acceptors (Lipinski definition) is 3. The molecule has 0 saturated heterocycles. The summed E-state index contributed by atoms with van der Waals surface area (Å²) in [7, 11) is 0. The van der Waals surface area contributed by atoms with E-state index in [1.54, 1.807) is 0 Å². The number of ether oxygens (including phenoxy) is 2. The minimum Gasteiger partial charge on any atom is -0.493 e. The van der Waals surface area contributed by atoms with Gasteiger partial charge in [0.25, 0.3) is 0 Å². The Balaban J connectivity index is 1.97. The zero-order valence-corrected chi connectivity index (χ0v) is 12.9. The third-order valence-electron chi connectivity index (χ3n) is 3.85. The average Bonchev–Trinajstić information content (AvgIpc) is 2.55. The van der Waals surface area contributed by atoms with E-state index in [0.29, 0.717) is 19.6 Å². The number of hydrogen-bond donors (Lipinski definition) is 2. The highest BCUT2D eigenvalue weighted by Crippen LogP contribution is 2.38. The van der Waals surface area contributed by atoms with Crippen LogP contribution in [0, 0.1) is 0 Å². The minimum atomic E-state index is -1.02. The summed E-state index contributed by atoms with van der Waals surface area (Å²) in [4.78, 5) is 10.9. The molecule has 5 heteroatoms. The lowest BCUT2D eigenvalue weighted by Gasteiger charge is -2.26. The number of benzene rings is 2. The predicted octanol–water partition coefficient (Wildman–Crippen LogP) is 3.84. The molecule has 120 valence electrons. The van der Waals surface area contributed by atoms with Gasteiger partial charge in [0, 0.05) is 17.5 Å². The lowest BCUT2D eigenvalue weighted by molar-refractivity contribution is 0.182. The molecule has 0 radical (unpaired) electrons. The highest BCUT2D eigenvalue weighted by molar-refractivity contribution is 5.73. The SMILES string of the molecule is CCOc1ccccc1-c1ccc2c(c1)OCCC2NC(=O)O. The van der Waals surface area contributed by atoms with Crippen LogP contribution in [-0.2, 0) is 0 Å². The third kappa shape index (κ3) is 3.23. The maximum absolute atomic E-state index is 10.9. The second-order valence-corrected chi connectivity index (χ2v) is 5.32. The molecule has 1 atom stereocenters. The average molecular weight is 313 g/mol. The molecule has 0 fully saturated rings. The monoisotopic (exact) mass is 313 g/mol. The Bertz CT molecular complexity index is 714. The Hall–Kier alpha value is -2.69. The van der Waals surface area contributed by atoms with E-state index in [2.05, 4.69) is 5.32 Å². The molecule has 1 unspecified atom stereocenters. The van der Waals surface area contributed by atoms with E-state index in [-0.39, 0.29) is 6.04 Å². The molecule has 0 aliphatic carbocycles. The van der Waals surface area contributed by atoms with Gasteiger partial charge in [-0.05, 0) is 24.6 Å². The summed E-state index contributed by atoms with van der Waals surface area (Å²) < 4.78 is 11.4. The van der Waals surface area contributed by atoms with Gasteiger partial charge < -0.3 is 19.9 Å². The normalized spacial score (nSPS) is 16.1. The van der Waals surface area contributed by atoms with Crippen LogP contribution in [0.1, 0.15) is 24.9 Å². The van der Waals surface area contributed by atoms with Crippen LogP contribution >= 0.6 is 0 Å². The van der Waals surface area contributed by atoms with Crippen LogP contribution in [0.15, 0.2) is 42.5 Å². The van der Waals surface area contributed by atoms with E-state index < -0.39 is 6.09 Å². The van der Waals surface area contributed by atoms with E-state index >= 15 is 0 Å². The van der Waals surface area contributed by atoms with Gasteiger partial charge in [0.15, 0.2) is 0 Å². The van der Waals surface area contributed by atoms with E-state index in [1.165, 1.54) is 0 Å². The predicted molar refractivity (Wildman–Crippen MR) is 87.1 cm³/mol. The van der Waals surface area contributed by atoms with Crippen molar-refractivity contribution in [1.29, 1.82) is 0 Å². The van der Waals surface area contributed by atoms with E-state index in [1.807, 2.05) is 49.4 Å². The Kier molecular flexibility index (Phi) is 4.37. The van der Waals surface area contributed by atoms with Crippen molar-refractivity contribution in [2.45, 2.75) is 19.4 Å². The van der Waals surface area contributed by atoms with Gasteiger partial charge in [0.05, 0.1) is 19.3 Å². The summed E-state index contributed by atoms with van der Waals surface area (Å²) in [5.41, 5.74) is 2.86. The fourth-order valence-electron chi connectivity index (χ4n) is 2.84. The third-order valence-corrected chi connectivity index (χ3v) is 3.85. The number of para-hydroxylation sites is 1. The maximum atomic E-state index is 10.9. The van der Waals surface area contributed by atoms with E-state index in [4.69, 9.17) is 14.6 Å². The van der Waals surface area contributed by atoms with E-state index in [0.717, 1.165) is 28.2 Å². The van der Waals surface area contributed by atoms with Crippen molar-refractivity contribution in [3.8, 4) is 22.6 Å². The van der Waals surface area contributed by atoms with Crippen LogP contribution in [0.5, 0.6) is 11.5 Å². The summed E-state index contributed by atoms with van der Waals surface area (Å²) in [5, 5.41) is 11.5. The van der Waals surface area contributed by atoms with Crippen molar-refractivity contribution < 1.29 is 19.4 Å². The summed E-state index contributed by atoms with van der Waals surface area (Å²) in [6.45, 7) is 3.05. The molecule has 5 nitrogen and oxygen atoms in total. The van der Waals surface area contributed by atoms with Crippen molar-refractivity contribution in [2.75, 3.05) is 13.2 Å². The maximum Gasteiger partial charge on any atom is 0.405 e. The van der Waals surface area contributed by atoms with Crippen molar-refractivity contribution >= 4 is 6.09 Å². The topological polar surface area (TPSA) is 67.8 Å². The van der Waals surface area contributed by atoms with Crippen LogP contribution in [0.3, 0.4) is 0 Å². The van der Waals surface area contributed by atoms with Gasteiger partial charge in [0.1, 0.15) is 11.5 Å². The molecule has 0 aromatic heterocycles. The molecule has 0 spiro atoms. The molecule has 2 aromatic rings. The van der Waals surface area contributed by atoms with Gasteiger partial charge >= 0.3 is 6.09 Å². The van der Waals surface area contributed by atoms with Gasteiger partial charge in [-0.25, -0.2) is 4.79 Å². The molecule has 23 heavy (non-hydrogen) atoms. The Labute approximate surface area is 134 Å². The van der Waals surface area contributed by atoms with Gasteiger partial charge in [-0.15, -0.1) is 0 Å². The van der Waals surface area contributed by atoms with E-state index in [9.17, 15) is 4.79 Å². The smallest absolute Gasteiger partial charge is 0.405 e. The number of amides is 1. The molecule has 2 N–H and O–H groups in total. The Morgan fingerprint density at radius 3 is 2.96 bits per heavy atom. The summed E-state index contributed by atoms with van der Waals surface area (Å²) in [5.74, 6) is 1.55. The molecule has 2 aromatic carbocycles. The first-order chi connectivity index (χ1) is 11.2. The lowest BCUT2D eigenvalue weighted by atomic mass is 9.96. The molecule has 1 heterocycles. The van der Waals surface area contributed by atoms with Crippen LogP contribution in [-0.4, -0.2) is 24.4 Å². The standard InChI is InChI=1S/C18H19NO4/c1-2-22-16-6-4-3-5-13(16)12-7-8-14-15(19-18(20)21)9-10-23-17(14)11-12/h3-8,11,15,19H,2,9-10H2,1H3,(H,20,21). The lowest BCUT2D eigenvalue weighted by Crippen LogP contribution is -2.30. The molecular weight excluding hydrogens is 294 g/mol. The number of nitrogens with one attached hydrogen (secondary N) is 1. The number of fused-ring (bicyclic) bond motifs is 1. The quantitative estimate of drug-likeness (QED) is 0.900. The molecule has 0 saturated carbocycles. The van der Waals surface area contributed by atoms with Crippen molar-refractivity contribution in [2.24, 2.45) is 0 Å². The largest absolute Gasteiger partial charge is 0.493 e. The van der Waals surface area contributed by atoms with Crippen LogP contribution in [0.25, 0.3) is 11.1 Å². The van der Waals surface area contributed by atoms with Gasteiger partial charge in [-0.2, -0.15) is 0 Å². The minimum absolute atomic E-state index is 0.229. The van der Waals surface area contributed by atoms with Crippen LogP contribution in [0.4, 0.5) is 4.79 Å². The van der Waals surface area contributed by atoms with Gasteiger partial charge in [0.2, 0.25) is 0 Å². The van der Waals surface area contributed by atoms with Crippen molar-refractivity contribution in [3.63, 3.8) is 0 Å². The Morgan fingerprint density at radius 2 is 2.17 bits per heavy atom. The fourth-order valence-corrected chi connectivity index (χ4v) is 2.84. The van der Waals surface area contributed by atoms with Crippen molar-refractivity contribution in [3.05, 3.63) is 48.0 Å². The summed E-state index contributed by atoms with van der Waals surface area (Å²) >= 11 is 0. The van der Waals surface area contributed by atoms with Crippen molar-refractivity contribution in [1.82, 2.24) is 5.32 Å². The zero-order chi connectivity index (χ0) is 16.2. The molecular formula is C18H19NO4. The number of carbonyl (C=O) groups is 1. The van der Waals surface area contributed by atoms with Crippen LogP contribution < -0.4 is 14.8 Å². The first-order valence-electron chi connectivity index (χ1n) is 7.67. The summed E-state index contributed by atoms with van der Waals surface area (Å²) in [6.07, 6.45) is -0.387. The highest BCUT2D eigenvalue weighted by Gasteiger charge is 2.23. The Morgan fingerprint density at radius 1 is 1.35 bits per heavy atom. The summed E-state index contributed by atoms with van der Waals surface area (Å²) in [6, 6.07) is 13.5. The second-order valence-electron chi connectivity index (χ2n) is 5.32. The molecule has 3 rings (SSSR count). The van der Waals surface area contributed by atoms with Gasteiger partial charge in [-0.3, -0.25) is 0 Å². The number of carboxylic acid groups (broad SMARTS) is 1. The molecule has 1 aliphatic rings. The second kappa shape index (κ2) is 6.60. The van der Waals surface area contributed by atoms with Gasteiger partial charge in [-0.1, -0.05) is 30.3 Å². The number of rotatable bonds is 4. The zero-order valence-electron chi connectivity index (χ0n) is 12.9. The van der Waals surface area contributed by atoms with Crippen LogP contribution in [0.2, 0.25) is 0 Å². The fraction of sp³-hybridized carbons (Fsp3) is 0.278. The molecule has 0 bridgehead atoms.